The number of nitrogens with zero attached hydrogens (tertiary/aromatic N) is 1. The molecule has 1 aromatic rings. The topological polar surface area (TPSA) is 106 Å². The first-order valence-corrected chi connectivity index (χ1v) is 9.39. The van der Waals surface area contributed by atoms with Crippen molar-refractivity contribution in [2.24, 2.45) is 4.99 Å². The van der Waals surface area contributed by atoms with Gasteiger partial charge in [0.1, 0.15) is 16.3 Å². The minimum Gasteiger partial charge on any atom is -0.492 e. The molecule has 0 radical (unpaired) electrons. The Morgan fingerprint density at radius 1 is 1.29 bits per heavy atom. The predicted octanol–water partition coefficient (Wildman–Crippen LogP) is 2.42. The number of carbonyl (C=O) groups excluding carboxylic acids is 2. The number of benzene rings is 1. The first-order chi connectivity index (χ1) is 13.5. The van der Waals surface area contributed by atoms with Crippen molar-refractivity contribution in [1.29, 1.82) is 0 Å². The van der Waals surface area contributed by atoms with E-state index >= 15 is 0 Å². The molecule has 2 heterocycles. The van der Waals surface area contributed by atoms with Crippen LogP contribution < -0.4 is 14.8 Å². The maximum Gasteiger partial charge on any atom is 0.302 e. The van der Waals surface area contributed by atoms with Crippen molar-refractivity contribution in [3.05, 3.63) is 28.3 Å². The van der Waals surface area contributed by atoms with Gasteiger partial charge in [-0.25, -0.2) is 0 Å². The Bertz CT molecular complexity index is 836. The molecule has 8 nitrogen and oxygen atoms in total. The number of rotatable bonds is 8. The lowest BCUT2D eigenvalue weighted by molar-refractivity contribution is -0.141. The summed E-state index contributed by atoms with van der Waals surface area (Å²) in [5.74, 6) is 0.108. The number of nitrogens with one attached hydrogen (secondary N) is 1. The number of halogens is 1. The second-order valence-corrected chi connectivity index (χ2v) is 6.72. The van der Waals surface area contributed by atoms with Crippen LogP contribution in [0.4, 0.5) is 0 Å². The molecule has 0 bridgehead atoms. The maximum absolute atomic E-state index is 11.9. The number of carbonyl (C=O) groups is 2. The summed E-state index contributed by atoms with van der Waals surface area (Å²) in [7, 11) is 0. The van der Waals surface area contributed by atoms with Crippen molar-refractivity contribution in [2.45, 2.75) is 39.0 Å². The van der Waals surface area contributed by atoms with E-state index in [9.17, 15) is 14.7 Å². The second kappa shape index (κ2) is 9.07. The van der Waals surface area contributed by atoms with Crippen molar-refractivity contribution in [3.8, 4) is 11.5 Å². The fraction of sp³-hybridized carbons (Fsp3) is 0.421. The molecule has 9 heteroatoms. The maximum atomic E-state index is 11.9. The Balaban J connectivity index is 1.55. The molecule has 28 heavy (non-hydrogen) atoms. The van der Waals surface area contributed by atoms with Gasteiger partial charge in [0.15, 0.2) is 5.75 Å². The van der Waals surface area contributed by atoms with Crippen LogP contribution in [0.2, 0.25) is 5.02 Å². The van der Waals surface area contributed by atoms with Gasteiger partial charge in [-0.15, -0.1) is 0 Å². The number of aliphatic imine (C=N–C) groups is 1. The molecule has 0 saturated heterocycles. The standard InChI is InChI=1S/C19H21ClN2O6/c1-11(23)26-8-4-2-3-5-9-27-14-7-6-12-10-13-17(24)21-19(25)22-18(13)28-16(12)15(14)20/h6-7,10,19,25H,2-5,8-9H2,1H3,(H,21,24). The Kier molecular flexibility index (Phi) is 6.53. The molecule has 1 atom stereocenters. The minimum absolute atomic E-state index is 0.0237. The SMILES string of the molecule is CC(=O)OCCCCCCOc1ccc2c(c1Cl)OC1=NC(O)NC(=O)C1=C2. The summed E-state index contributed by atoms with van der Waals surface area (Å²) in [5.41, 5.74) is 0.861. The van der Waals surface area contributed by atoms with Gasteiger partial charge < -0.3 is 24.6 Å². The van der Waals surface area contributed by atoms with Gasteiger partial charge in [0.25, 0.3) is 5.91 Å². The molecule has 1 amide bonds. The molecule has 2 aliphatic rings. The summed E-state index contributed by atoms with van der Waals surface area (Å²) in [6, 6.07) is 3.47. The third kappa shape index (κ3) is 4.82. The Hall–Kier alpha value is -2.58. The number of esters is 1. The van der Waals surface area contributed by atoms with Gasteiger partial charge in [-0.1, -0.05) is 11.6 Å². The van der Waals surface area contributed by atoms with Gasteiger partial charge in [-0.2, -0.15) is 4.99 Å². The van der Waals surface area contributed by atoms with Crippen LogP contribution in [-0.2, 0) is 14.3 Å². The molecule has 3 rings (SSSR count). The number of fused-ring (bicyclic) bond motifs is 2. The quantitative estimate of drug-likeness (QED) is 0.505. The molecule has 0 fully saturated rings. The number of hydrogen-bond donors (Lipinski definition) is 2. The lowest BCUT2D eigenvalue weighted by atomic mass is 10.0. The zero-order valence-electron chi connectivity index (χ0n) is 15.4. The number of unbranched alkanes of at least 4 members (excludes halogenated alkanes) is 3. The third-order valence-electron chi connectivity index (χ3n) is 4.17. The Morgan fingerprint density at radius 2 is 2.04 bits per heavy atom. The van der Waals surface area contributed by atoms with Gasteiger partial charge in [0.2, 0.25) is 12.2 Å². The molecule has 1 aromatic carbocycles. The number of amides is 1. The van der Waals surface area contributed by atoms with E-state index in [-0.39, 0.29) is 22.5 Å². The molecule has 0 aliphatic carbocycles. The summed E-state index contributed by atoms with van der Waals surface area (Å²) in [4.78, 5) is 26.5. The molecule has 0 spiro atoms. The third-order valence-corrected chi connectivity index (χ3v) is 4.52. The van der Waals surface area contributed by atoms with Crippen molar-refractivity contribution >= 4 is 35.5 Å². The monoisotopic (exact) mass is 408 g/mol. The largest absolute Gasteiger partial charge is 0.492 e. The van der Waals surface area contributed by atoms with E-state index in [1.165, 1.54) is 6.92 Å². The van der Waals surface area contributed by atoms with E-state index in [2.05, 4.69) is 10.3 Å². The number of aliphatic hydroxyl groups excluding tert-OH is 1. The van der Waals surface area contributed by atoms with E-state index < -0.39 is 12.3 Å². The normalized spacial score (nSPS) is 17.4. The van der Waals surface area contributed by atoms with Crippen LogP contribution in [0.5, 0.6) is 11.5 Å². The van der Waals surface area contributed by atoms with Gasteiger partial charge in [0, 0.05) is 12.5 Å². The van der Waals surface area contributed by atoms with E-state index in [1.807, 2.05) is 0 Å². The van der Waals surface area contributed by atoms with Gasteiger partial charge in [-0.05, 0) is 43.9 Å². The van der Waals surface area contributed by atoms with Gasteiger partial charge >= 0.3 is 5.97 Å². The minimum atomic E-state index is -1.35. The van der Waals surface area contributed by atoms with Crippen LogP contribution in [0.15, 0.2) is 22.7 Å². The molecule has 0 aromatic heterocycles. The van der Waals surface area contributed by atoms with Crippen molar-refractivity contribution in [3.63, 3.8) is 0 Å². The summed E-state index contributed by atoms with van der Waals surface area (Å²) < 4.78 is 16.3. The fourth-order valence-electron chi connectivity index (χ4n) is 2.80. The lowest BCUT2D eigenvalue weighted by Crippen LogP contribution is -2.43. The molecule has 2 N–H and O–H groups in total. The van der Waals surface area contributed by atoms with E-state index in [0.29, 0.717) is 30.3 Å². The fourth-order valence-corrected chi connectivity index (χ4v) is 3.07. The summed E-state index contributed by atoms with van der Waals surface area (Å²) >= 11 is 6.40. The molecule has 1 unspecified atom stereocenters. The highest BCUT2D eigenvalue weighted by Gasteiger charge is 2.31. The predicted molar refractivity (Wildman–Crippen MR) is 102 cm³/mol. The number of hydrogen-bond acceptors (Lipinski definition) is 7. The zero-order valence-corrected chi connectivity index (χ0v) is 16.1. The molecule has 0 saturated carbocycles. The summed E-state index contributed by atoms with van der Waals surface area (Å²) in [6.07, 6.45) is 3.80. The average molecular weight is 409 g/mol. The van der Waals surface area contributed by atoms with Crippen LogP contribution in [0.1, 0.15) is 38.2 Å². The second-order valence-electron chi connectivity index (χ2n) is 6.34. The lowest BCUT2D eigenvalue weighted by Gasteiger charge is -2.25. The highest BCUT2D eigenvalue weighted by Crippen LogP contribution is 2.41. The van der Waals surface area contributed by atoms with Crippen LogP contribution in [0, 0.1) is 0 Å². The van der Waals surface area contributed by atoms with Crippen molar-refractivity contribution in [1.82, 2.24) is 5.32 Å². The highest BCUT2D eigenvalue weighted by atomic mass is 35.5. The van der Waals surface area contributed by atoms with E-state index in [4.69, 9.17) is 25.8 Å². The smallest absolute Gasteiger partial charge is 0.302 e. The highest BCUT2D eigenvalue weighted by molar-refractivity contribution is 6.35. The van der Waals surface area contributed by atoms with Crippen molar-refractivity contribution in [2.75, 3.05) is 13.2 Å². The first-order valence-electron chi connectivity index (χ1n) is 9.01. The Labute approximate surface area is 167 Å². The van der Waals surface area contributed by atoms with Crippen LogP contribution in [0.3, 0.4) is 0 Å². The zero-order chi connectivity index (χ0) is 20.1. The van der Waals surface area contributed by atoms with E-state index in [1.54, 1.807) is 18.2 Å². The summed E-state index contributed by atoms with van der Waals surface area (Å²) in [5, 5.41) is 12.1. The average Bonchev–Trinajstić information content (AvgIpc) is 2.64. The molecular weight excluding hydrogens is 388 g/mol. The van der Waals surface area contributed by atoms with Crippen molar-refractivity contribution < 1.29 is 28.9 Å². The van der Waals surface area contributed by atoms with Gasteiger partial charge in [-0.3, -0.25) is 9.59 Å². The van der Waals surface area contributed by atoms with Crippen LogP contribution >= 0.6 is 11.6 Å². The first kappa shape index (κ1) is 20.2. The van der Waals surface area contributed by atoms with Crippen LogP contribution in [0.25, 0.3) is 6.08 Å². The van der Waals surface area contributed by atoms with Crippen LogP contribution in [-0.4, -0.2) is 42.4 Å². The van der Waals surface area contributed by atoms with E-state index in [0.717, 1.165) is 25.7 Å². The summed E-state index contributed by atoms with van der Waals surface area (Å²) in [6.45, 7) is 2.32. The Morgan fingerprint density at radius 3 is 2.79 bits per heavy atom. The number of aliphatic hydroxyl groups is 1. The molecule has 150 valence electrons. The number of ether oxygens (including phenoxy) is 3. The van der Waals surface area contributed by atoms with Gasteiger partial charge in [0.05, 0.1) is 13.2 Å². The molecular formula is C19H21ClN2O6. The molecule has 2 aliphatic heterocycles.